The fourth-order valence-electron chi connectivity index (χ4n) is 2.86. The van der Waals surface area contributed by atoms with E-state index in [0.717, 1.165) is 6.26 Å². The number of carbonyl (C=O) groups is 1. The van der Waals surface area contributed by atoms with E-state index in [2.05, 4.69) is 18.2 Å². The van der Waals surface area contributed by atoms with Gasteiger partial charge in [-0.3, -0.25) is 4.79 Å². The summed E-state index contributed by atoms with van der Waals surface area (Å²) in [6.45, 7) is 0. The van der Waals surface area contributed by atoms with Gasteiger partial charge in [0.05, 0.1) is 6.26 Å². The smallest absolute Gasteiger partial charge is 0.169 e. The van der Waals surface area contributed by atoms with E-state index in [4.69, 9.17) is 5.11 Å². The summed E-state index contributed by atoms with van der Waals surface area (Å²) >= 11 is 0. The molecule has 0 aromatic heterocycles. The van der Waals surface area contributed by atoms with Crippen molar-refractivity contribution < 1.29 is 9.90 Å². The predicted molar refractivity (Wildman–Crippen MR) is 48.0 cm³/mol. The second-order valence-electron chi connectivity index (χ2n) is 3.92. The van der Waals surface area contributed by atoms with Crippen molar-refractivity contribution >= 4 is 5.78 Å². The van der Waals surface area contributed by atoms with Crippen LogP contribution < -0.4 is 0 Å². The van der Waals surface area contributed by atoms with Crippen LogP contribution in [-0.2, 0) is 4.79 Å². The Morgan fingerprint density at radius 3 is 2.54 bits per heavy atom. The second kappa shape index (κ2) is 2.13. The molecular formula is C11H10O2. The highest BCUT2D eigenvalue weighted by Gasteiger charge is 2.51. The van der Waals surface area contributed by atoms with Gasteiger partial charge >= 0.3 is 0 Å². The molecule has 1 N–H and O–H groups in total. The lowest BCUT2D eigenvalue weighted by Gasteiger charge is -2.12. The van der Waals surface area contributed by atoms with Gasteiger partial charge in [-0.25, -0.2) is 0 Å². The number of hydrogen-bond donors (Lipinski definition) is 1. The SMILES string of the molecule is O=C1/C(=C\O)[C@@H]2C=C[C@@H]3C=C[C@H]1[C@@H]32. The first kappa shape index (κ1) is 7.13. The molecule has 0 spiro atoms. The van der Waals surface area contributed by atoms with E-state index < -0.39 is 0 Å². The zero-order valence-electron chi connectivity index (χ0n) is 7.05. The largest absolute Gasteiger partial charge is 0.515 e. The van der Waals surface area contributed by atoms with E-state index in [0.29, 0.717) is 17.4 Å². The van der Waals surface area contributed by atoms with Gasteiger partial charge in [0.15, 0.2) is 5.78 Å². The fraction of sp³-hybridized carbons (Fsp3) is 0.364. The van der Waals surface area contributed by atoms with Crippen LogP contribution in [0.2, 0.25) is 0 Å². The molecule has 13 heavy (non-hydrogen) atoms. The number of aliphatic hydroxyl groups excluding tert-OH is 1. The van der Waals surface area contributed by atoms with Crippen LogP contribution in [0, 0.1) is 23.7 Å². The van der Waals surface area contributed by atoms with E-state index in [1.807, 2.05) is 6.08 Å². The Kier molecular flexibility index (Phi) is 1.17. The number of Topliss-reactive ketones (excluding diaryl/α,β-unsaturated/α-hetero) is 1. The average molecular weight is 174 g/mol. The molecule has 0 radical (unpaired) electrons. The van der Waals surface area contributed by atoms with E-state index in [9.17, 15) is 4.79 Å². The zero-order chi connectivity index (χ0) is 9.00. The van der Waals surface area contributed by atoms with Gasteiger partial charge < -0.3 is 5.11 Å². The summed E-state index contributed by atoms with van der Waals surface area (Å²) < 4.78 is 0. The van der Waals surface area contributed by atoms with Crippen LogP contribution in [0.5, 0.6) is 0 Å². The molecule has 3 aliphatic carbocycles. The molecule has 0 amide bonds. The van der Waals surface area contributed by atoms with Crippen molar-refractivity contribution in [3.8, 4) is 0 Å². The monoisotopic (exact) mass is 174 g/mol. The Labute approximate surface area is 76.3 Å². The molecule has 1 saturated carbocycles. The van der Waals surface area contributed by atoms with E-state index in [1.165, 1.54) is 0 Å². The predicted octanol–water partition coefficient (Wildman–Crippen LogP) is 1.62. The van der Waals surface area contributed by atoms with Crippen molar-refractivity contribution in [2.24, 2.45) is 23.7 Å². The van der Waals surface area contributed by atoms with Gasteiger partial charge in [-0.15, -0.1) is 0 Å². The molecule has 0 saturated heterocycles. The van der Waals surface area contributed by atoms with E-state index in [-0.39, 0.29) is 17.6 Å². The van der Waals surface area contributed by atoms with Crippen LogP contribution in [0.4, 0.5) is 0 Å². The highest BCUT2D eigenvalue weighted by Crippen LogP contribution is 2.52. The average Bonchev–Trinajstić information content (AvgIpc) is 2.71. The fourth-order valence-corrected chi connectivity index (χ4v) is 2.86. The molecule has 0 aromatic rings. The quantitative estimate of drug-likeness (QED) is 0.344. The van der Waals surface area contributed by atoms with Gasteiger partial charge in [-0.2, -0.15) is 0 Å². The van der Waals surface area contributed by atoms with Gasteiger partial charge in [0, 0.05) is 17.4 Å². The number of hydrogen-bond acceptors (Lipinski definition) is 2. The summed E-state index contributed by atoms with van der Waals surface area (Å²) in [5, 5.41) is 8.97. The number of allylic oxidation sites excluding steroid dienone is 5. The van der Waals surface area contributed by atoms with Crippen molar-refractivity contribution in [1.29, 1.82) is 0 Å². The summed E-state index contributed by atoms with van der Waals surface area (Å²) in [5.41, 5.74) is 0.595. The third-order valence-corrected chi connectivity index (χ3v) is 3.44. The molecule has 66 valence electrons. The highest BCUT2D eigenvalue weighted by atomic mass is 16.2. The Hall–Kier alpha value is -1.31. The van der Waals surface area contributed by atoms with Crippen LogP contribution in [-0.4, -0.2) is 10.9 Å². The summed E-state index contributed by atoms with van der Waals surface area (Å²) in [5.74, 6) is 1.12. The van der Waals surface area contributed by atoms with Crippen molar-refractivity contribution in [3.63, 3.8) is 0 Å². The summed E-state index contributed by atoms with van der Waals surface area (Å²) in [4.78, 5) is 11.7. The topological polar surface area (TPSA) is 37.3 Å². The molecule has 4 atom stereocenters. The molecule has 0 unspecified atom stereocenters. The molecule has 0 bridgehead atoms. The van der Waals surface area contributed by atoms with Crippen molar-refractivity contribution in [1.82, 2.24) is 0 Å². The summed E-state index contributed by atoms with van der Waals surface area (Å²) in [6.07, 6.45) is 9.29. The minimum atomic E-state index is 0.0309. The number of aliphatic hydroxyl groups is 1. The molecule has 0 heterocycles. The van der Waals surface area contributed by atoms with Gasteiger partial charge in [-0.05, 0) is 11.8 Å². The maximum atomic E-state index is 11.7. The van der Waals surface area contributed by atoms with Crippen LogP contribution >= 0.6 is 0 Å². The minimum absolute atomic E-state index is 0.0309. The number of carbonyl (C=O) groups excluding carboxylic acids is 1. The van der Waals surface area contributed by atoms with Crippen LogP contribution in [0.1, 0.15) is 0 Å². The molecule has 2 nitrogen and oxygen atoms in total. The maximum absolute atomic E-state index is 11.7. The summed E-state index contributed by atoms with van der Waals surface area (Å²) in [7, 11) is 0. The third-order valence-electron chi connectivity index (χ3n) is 3.44. The molecule has 1 fully saturated rings. The number of ketones is 1. The van der Waals surface area contributed by atoms with E-state index >= 15 is 0 Å². The molecular weight excluding hydrogens is 164 g/mol. The van der Waals surface area contributed by atoms with Gasteiger partial charge in [-0.1, -0.05) is 24.3 Å². The standard InChI is InChI=1S/C11H10O2/c12-5-9-7-3-1-6-2-4-8(10(6)7)11(9)13/h1-8,10,12H/b9-5-/t6-,7+,8+,10+/m1/s1. The third kappa shape index (κ3) is 0.671. The van der Waals surface area contributed by atoms with Crippen molar-refractivity contribution in [2.45, 2.75) is 0 Å². The molecule has 3 rings (SSSR count). The Bertz CT molecular complexity index is 362. The Morgan fingerprint density at radius 2 is 1.85 bits per heavy atom. The molecule has 3 aliphatic rings. The minimum Gasteiger partial charge on any atom is -0.515 e. The van der Waals surface area contributed by atoms with E-state index in [1.54, 1.807) is 0 Å². The Morgan fingerprint density at radius 1 is 1.15 bits per heavy atom. The van der Waals surface area contributed by atoms with Crippen molar-refractivity contribution in [2.75, 3.05) is 0 Å². The van der Waals surface area contributed by atoms with Gasteiger partial charge in [0.25, 0.3) is 0 Å². The van der Waals surface area contributed by atoms with Crippen LogP contribution in [0.25, 0.3) is 0 Å². The van der Waals surface area contributed by atoms with Crippen LogP contribution in [0.3, 0.4) is 0 Å². The number of rotatable bonds is 0. The first-order valence-electron chi connectivity index (χ1n) is 4.58. The normalized spacial score (nSPS) is 48.0. The van der Waals surface area contributed by atoms with Gasteiger partial charge in [0.1, 0.15) is 0 Å². The van der Waals surface area contributed by atoms with Crippen LogP contribution in [0.15, 0.2) is 36.1 Å². The maximum Gasteiger partial charge on any atom is 0.169 e. The summed E-state index contributed by atoms with van der Waals surface area (Å²) in [6, 6.07) is 0. The lowest BCUT2D eigenvalue weighted by atomic mass is 9.89. The first-order valence-corrected chi connectivity index (χ1v) is 4.58. The molecule has 0 aliphatic heterocycles. The lowest BCUT2D eigenvalue weighted by Crippen LogP contribution is -2.12. The second-order valence-corrected chi connectivity index (χ2v) is 3.92. The first-order chi connectivity index (χ1) is 6.33. The highest BCUT2D eigenvalue weighted by molar-refractivity contribution is 6.02. The lowest BCUT2D eigenvalue weighted by molar-refractivity contribution is -0.117. The molecule has 2 heteroatoms. The zero-order valence-corrected chi connectivity index (χ0v) is 7.05. The van der Waals surface area contributed by atoms with Crippen molar-refractivity contribution in [3.05, 3.63) is 36.1 Å². The van der Waals surface area contributed by atoms with Gasteiger partial charge in [0.2, 0.25) is 0 Å². The Balaban J connectivity index is 2.14. The molecule has 0 aromatic carbocycles.